The SMILES string of the molecule is N=C(/C(N)=C/c1cccc(CN2CCC2)c1)c1cc(/C(C=S)=C/N)ccc1N. The molecule has 0 aromatic heterocycles. The Balaban J connectivity index is 1.85. The lowest BCUT2D eigenvalue weighted by Gasteiger charge is -2.30. The molecular weight excluding hydrogens is 366 g/mol. The van der Waals surface area contributed by atoms with Gasteiger partial charge in [0.25, 0.3) is 0 Å². The van der Waals surface area contributed by atoms with Gasteiger partial charge in [-0.15, -0.1) is 0 Å². The molecule has 0 unspecified atom stereocenters. The van der Waals surface area contributed by atoms with Gasteiger partial charge in [0.15, 0.2) is 0 Å². The highest BCUT2D eigenvalue weighted by molar-refractivity contribution is 7.79. The second-order valence-corrected chi connectivity index (χ2v) is 7.13. The number of hydrogen-bond acceptors (Lipinski definition) is 6. The highest BCUT2D eigenvalue weighted by Crippen LogP contribution is 2.22. The maximum absolute atomic E-state index is 8.51. The standard InChI is InChI=1S/C22H25N5S/c23-12-18(14-28)17-5-6-20(24)19(11-17)22(26)21(25)10-15-3-1-4-16(9-15)13-27-7-2-8-27/h1,3-6,9-12,14,26H,2,7-8,13,23-25H2/b18-12+,21-10-,26-22?. The van der Waals surface area contributed by atoms with Gasteiger partial charge in [0.1, 0.15) is 0 Å². The highest BCUT2D eigenvalue weighted by atomic mass is 32.1. The number of nitrogens with zero attached hydrogens (tertiary/aromatic N) is 1. The number of allylic oxidation sites excluding steroid dienone is 2. The molecule has 0 atom stereocenters. The fourth-order valence-corrected chi connectivity index (χ4v) is 3.36. The number of likely N-dealkylation sites (tertiary alicyclic amines) is 1. The Labute approximate surface area is 171 Å². The molecule has 0 bridgehead atoms. The average Bonchev–Trinajstić information content (AvgIpc) is 2.66. The minimum atomic E-state index is 0.174. The smallest absolute Gasteiger partial charge is 0.0862 e. The van der Waals surface area contributed by atoms with Gasteiger partial charge in [-0.3, -0.25) is 10.3 Å². The van der Waals surface area contributed by atoms with Crippen LogP contribution in [0.15, 0.2) is 54.4 Å². The summed E-state index contributed by atoms with van der Waals surface area (Å²) < 4.78 is 0. The molecule has 7 N–H and O–H groups in total. The van der Waals surface area contributed by atoms with Crippen molar-refractivity contribution in [3.8, 4) is 0 Å². The van der Waals surface area contributed by atoms with Crippen LogP contribution in [0.25, 0.3) is 11.6 Å². The highest BCUT2D eigenvalue weighted by Gasteiger charge is 2.14. The Morgan fingerprint density at radius 1 is 1.18 bits per heavy atom. The van der Waals surface area contributed by atoms with Crippen molar-refractivity contribution in [2.45, 2.75) is 13.0 Å². The van der Waals surface area contributed by atoms with E-state index in [-0.39, 0.29) is 5.71 Å². The van der Waals surface area contributed by atoms with E-state index in [4.69, 9.17) is 34.8 Å². The first-order valence-corrected chi connectivity index (χ1v) is 9.63. The largest absolute Gasteiger partial charge is 0.404 e. The number of benzene rings is 2. The Kier molecular flexibility index (Phi) is 6.23. The molecule has 0 radical (unpaired) electrons. The van der Waals surface area contributed by atoms with Gasteiger partial charge in [0.2, 0.25) is 0 Å². The molecule has 1 heterocycles. The molecule has 5 nitrogen and oxygen atoms in total. The number of nitrogens with one attached hydrogen (secondary N) is 1. The normalized spacial score (nSPS) is 15.1. The van der Waals surface area contributed by atoms with Gasteiger partial charge < -0.3 is 17.2 Å². The minimum Gasteiger partial charge on any atom is -0.404 e. The van der Waals surface area contributed by atoms with Crippen LogP contribution < -0.4 is 17.2 Å². The lowest BCUT2D eigenvalue weighted by atomic mass is 9.98. The van der Waals surface area contributed by atoms with E-state index in [1.807, 2.05) is 24.3 Å². The lowest BCUT2D eigenvalue weighted by molar-refractivity contribution is 0.172. The number of nitrogen functional groups attached to an aromatic ring is 1. The Hall–Kier alpha value is -2.96. The molecule has 0 spiro atoms. The number of anilines is 1. The van der Waals surface area contributed by atoms with Crippen LogP contribution in [0.3, 0.4) is 0 Å². The second kappa shape index (κ2) is 8.82. The first-order chi connectivity index (χ1) is 13.5. The van der Waals surface area contributed by atoms with Crippen LogP contribution in [0.5, 0.6) is 0 Å². The first kappa shape index (κ1) is 19.8. The van der Waals surface area contributed by atoms with Crippen LogP contribution in [0.1, 0.15) is 28.7 Å². The maximum Gasteiger partial charge on any atom is 0.0862 e. The predicted molar refractivity (Wildman–Crippen MR) is 122 cm³/mol. The zero-order chi connectivity index (χ0) is 20.1. The summed E-state index contributed by atoms with van der Waals surface area (Å²) >= 11 is 4.99. The summed E-state index contributed by atoms with van der Waals surface area (Å²) in [6, 6.07) is 13.6. The Morgan fingerprint density at radius 2 is 1.96 bits per heavy atom. The van der Waals surface area contributed by atoms with Crippen LogP contribution in [-0.4, -0.2) is 29.1 Å². The van der Waals surface area contributed by atoms with Crippen LogP contribution in [-0.2, 0) is 6.54 Å². The minimum absolute atomic E-state index is 0.174. The molecule has 1 fully saturated rings. The van der Waals surface area contributed by atoms with Crippen molar-refractivity contribution in [1.82, 2.24) is 4.90 Å². The topological polar surface area (TPSA) is 105 Å². The van der Waals surface area contributed by atoms with Crippen molar-refractivity contribution in [2.75, 3.05) is 18.8 Å². The van der Waals surface area contributed by atoms with Gasteiger partial charge in [-0.05, 0) is 54.4 Å². The maximum atomic E-state index is 8.51. The fraction of sp³-hybridized carbons (Fsp3) is 0.182. The molecule has 0 saturated carbocycles. The Morgan fingerprint density at radius 3 is 2.61 bits per heavy atom. The molecule has 6 heteroatoms. The molecule has 2 aromatic carbocycles. The van der Waals surface area contributed by atoms with Crippen LogP contribution in [0.4, 0.5) is 5.69 Å². The van der Waals surface area contributed by atoms with E-state index in [2.05, 4.69) is 17.0 Å². The summed E-state index contributed by atoms with van der Waals surface area (Å²) in [5, 5.41) is 10.0. The molecule has 144 valence electrons. The molecule has 1 aliphatic heterocycles. The molecule has 2 aromatic rings. The molecule has 1 aliphatic rings. The molecule has 0 aliphatic carbocycles. The van der Waals surface area contributed by atoms with Crippen molar-refractivity contribution >= 4 is 40.6 Å². The van der Waals surface area contributed by atoms with Gasteiger partial charge >= 0.3 is 0 Å². The number of thiocarbonyl (C=S) groups is 1. The summed E-state index contributed by atoms with van der Waals surface area (Å²) in [6.45, 7) is 3.26. The Bertz CT molecular complexity index is 957. The number of nitrogens with two attached hydrogens (primary N) is 3. The fourth-order valence-electron chi connectivity index (χ4n) is 3.14. The average molecular weight is 392 g/mol. The quantitative estimate of drug-likeness (QED) is 0.251. The van der Waals surface area contributed by atoms with E-state index in [1.54, 1.807) is 12.1 Å². The summed E-state index contributed by atoms with van der Waals surface area (Å²) in [7, 11) is 0. The zero-order valence-corrected chi connectivity index (χ0v) is 16.5. The molecule has 3 rings (SSSR count). The van der Waals surface area contributed by atoms with Crippen molar-refractivity contribution in [3.05, 3.63) is 76.6 Å². The van der Waals surface area contributed by atoms with Gasteiger partial charge in [-0.1, -0.05) is 42.5 Å². The summed E-state index contributed by atoms with van der Waals surface area (Å²) in [5.41, 5.74) is 23.2. The van der Waals surface area contributed by atoms with Crippen molar-refractivity contribution < 1.29 is 0 Å². The van der Waals surface area contributed by atoms with Crippen molar-refractivity contribution in [1.29, 1.82) is 5.41 Å². The van der Waals surface area contributed by atoms with Gasteiger partial charge in [0, 0.05) is 34.9 Å². The third-order valence-electron chi connectivity index (χ3n) is 4.88. The van der Waals surface area contributed by atoms with E-state index in [9.17, 15) is 0 Å². The van der Waals surface area contributed by atoms with E-state index < -0.39 is 0 Å². The first-order valence-electron chi connectivity index (χ1n) is 9.16. The van der Waals surface area contributed by atoms with Gasteiger partial charge in [-0.2, -0.15) is 0 Å². The lowest BCUT2D eigenvalue weighted by Crippen LogP contribution is -2.36. The molecule has 1 saturated heterocycles. The third kappa shape index (κ3) is 4.47. The second-order valence-electron chi connectivity index (χ2n) is 6.89. The zero-order valence-electron chi connectivity index (χ0n) is 15.7. The van der Waals surface area contributed by atoms with E-state index in [0.717, 1.165) is 30.8 Å². The van der Waals surface area contributed by atoms with Crippen LogP contribution >= 0.6 is 12.2 Å². The number of rotatable bonds is 7. The third-order valence-corrected chi connectivity index (χ3v) is 5.13. The van der Waals surface area contributed by atoms with E-state index >= 15 is 0 Å². The van der Waals surface area contributed by atoms with Crippen LogP contribution in [0, 0.1) is 5.41 Å². The van der Waals surface area contributed by atoms with E-state index in [1.165, 1.54) is 23.6 Å². The molecular formula is C22H25N5S. The number of hydrogen-bond donors (Lipinski definition) is 4. The van der Waals surface area contributed by atoms with E-state index in [0.29, 0.717) is 22.5 Å². The summed E-state index contributed by atoms with van der Waals surface area (Å²) in [5.74, 6) is 0. The molecule has 28 heavy (non-hydrogen) atoms. The summed E-state index contributed by atoms with van der Waals surface area (Å²) in [4.78, 5) is 2.40. The molecule has 0 amide bonds. The van der Waals surface area contributed by atoms with Crippen molar-refractivity contribution in [3.63, 3.8) is 0 Å². The van der Waals surface area contributed by atoms with Crippen LogP contribution in [0.2, 0.25) is 0 Å². The van der Waals surface area contributed by atoms with Crippen molar-refractivity contribution in [2.24, 2.45) is 11.5 Å². The predicted octanol–water partition coefficient (Wildman–Crippen LogP) is 3.14. The monoisotopic (exact) mass is 391 g/mol. The van der Waals surface area contributed by atoms with Gasteiger partial charge in [0.05, 0.1) is 11.4 Å². The van der Waals surface area contributed by atoms with Gasteiger partial charge in [-0.25, -0.2) is 0 Å². The summed E-state index contributed by atoms with van der Waals surface area (Å²) in [6.07, 6.45) is 4.52.